The van der Waals surface area contributed by atoms with Gasteiger partial charge in [0, 0.05) is 24.3 Å². The van der Waals surface area contributed by atoms with Gasteiger partial charge in [0.2, 0.25) is 0 Å². The molecule has 7 nitrogen and oxygen atoms in total. The topological polar surface area (TPSA) is 93.7 Å². The van der Waals surface area contributed by atoms with Gasteiger partial charge >= 0.3 is 0 Å². The zero-order valence-electron chi connectivity index (χ0n) is 12.1. The van der Waals surface area contributed by atoms with Crippen molar-refractivity contribution >= 4 is 11.6 Å². The molecule has 0 saturated carbocycles. The van der Waals surface area contributed by atoms with Crippen LogP contribution in [0.4, 0.5) is 11.6 Å². The molecule has 0 spiro atoms. The Morgan fingerprint density at radius 2 is 1.95 bits per heavy atom. The lowest BCUT2D eigenvalue weighted by Gasteiger charge is -2.11. The Bertz CT molecular complexity index is 576. The first-order valence-corrected chi connectivity index (χ1v) is 6.65. The number of aryl methyl sites for hydroxylation is 3. The van der Waals surface area contributed by atoms with Crippen molar-refractivity contribution < 1.29 is 0 Å². The highest BCUT2D eigenvalue weighted by Gasteiger charge is 2.05. The van der Waals surface area contributed by atoms with Crippen LogP contribution in [0.25, 0.3) is 0 Å². The molecule has 2 aromatic rings. The van der Waals surface area contributed by atoms with E-state index in [1.54, 1.807) is 0 Å². The van der Waals surface area contributed by atoms with Gasteiger partial charge < -0.3 is 10.7 Å². The number of nitrogens with zero attached hydrogens (tertiary/aromatic N) is 4. The van der Waals surface area contributed by atoms with E-state index in [4.69, 9.17) is 5.84 Å². The summed E-state index contributed by atoms with van der Waals surface area (Å²) in [5, 5.41) is 7.73. The monoisotopic (exact) mass is 275 g/mol. The Balaban J connectivity index is 1.86. The number of anilines is 2. The third-order valence-electron chi connectivity index (χ3n) is 3.16. The van der Waals surface area contributed by atoms with E-state index < -0.39 is 0 Å². The lowest BCUT2D eigenvalue weighted by Crippen LogP contribution is -2.14. The number of hydrogen-bond donors (Lipinski definition) is 3. The highest BCUT2D eigenvalue weighted by Crippen LogP contribution is 2.16. The van der Waals surface area contributed by atoms with Crippen LogP contribution in [0, 0.1) is 20.8 Å². The van der Waals surface area contributed by atoms with Gasteiger partial charge in [-0.15, -0.1) is 0 Å². The smallest absolute Gasteiger partial charge is 0.148 e. The Morgan fingerprint density at radius 3 is 2.60 bits per heavy atom. The minimum atomic E-state index is 0.640. The van der Waals surface area contributed by atoms with Crippen LogP contribution in [-0.4, -0.2) is 26.3 Å². The molecule has 0 radical (unpaired) electrons. The van der Waals surface area contributed by atoms with Gasteiger partial charge in [0.15, 0.2) is 0 Å². The van der Waals surface area contributed by atoms with Gasteiger partial charge in [-0.3, -0.25) is 4.68 Å². The number of nitrogens with two attached hydrogens (primary N) is 1. The van der Waals surface area contributed by atoms with Crippen molar-refractivity contribution in [1.82, 2.24) is 19.7 Å². The summed E-state index contributed by atoms with van der Waals surface area (Å²) in [5.74, 6) is 6.84. The van der Waals surface area contributed by atoms with Crippen LogP contribution in [0.2, 0.25) is 0 Å². The Labute approximate surface area is 118 Å². The van der Waals surface area contributed by atoms with Crippen LogP contribution >= 0.6 is 0 Å². The minimum Gasteiger partial charge on any atom is -0.370 e. The summed E-state index contributed by atoms with van der Waals surface area (Å²) in [5.41, 5.74) is 5.72. The van der Waals surface area contributed by atoms with E-state index in [9.17, 15) is 0 Å². The standard InChI is InChI=1S/C13H21N7/c1-9-7-10(2)20(19-9)6-4-5-15-12-11(3)13(18-14)17-8-16-12/h7-8H,4-6,14H2,1-3H3,(H2,15,16,17,18). The molecular formula is C13H21N7. The summed E-state index contributed by atoms with van der Waals surface area (Å²) in [6.45, 7) is 7.71. The minimum absolute atomic E-state index is 0.640. The summed E-state index contributed by atoms with van der Waals surface area (Å²) >= 11 is 0. The number of nitrogen functional groups attached to an aromatic ring is 1. The molecule has 0 atom stereocenters. The van der Waals surface area contributed by atoms with Gasteiger partial charge in [-0.25, -0.2) is 15.8 Å². The van der Waals surface area contributed by atoms with E-state index in [0.717, 1.165) is 36.6 Å². The van der Waals surface area contributed by atoms with Crippen molar-refractivity contribution in [3.63, 3.8) is 0 Å². The Morgan fingerprint density at radius 1 is 1.20 bits per heavy atom. The maximum absolute atomic E-state index is 5.39. The molecule has 108 valence electrons. The van der Waals surface area contributed by atoms with Crippen molar-refractivity contribution in [2.24, 2.45) is 5.84 Å². The Hall–Kier alpha value is -2.15. The van der Waals surface area contributed by atoms with Crippen LogP contribution in [0.15, 0.2) is 12.4 Å². The average Bonchev–Trinajstić information content (AvgIpc) is 2.74. The normalized spacial score (nSPS) is 10.6. The number of hydrazine groups is 1. The molecule has 7 heteroatoms. The summed E-state index contributed by atoms with van der Waals surface area (Å²) in [6, 6.07) is 2.08. The first-order valence-electron chi connectivity index (χ1n) is 6.65. The fourth-order valence-electron chi connectivity index (χ4n) is 2.11. The molecule has 0 amide bonds. The molecule has 20 heavy (non-hydrogen) atoms. The molecule has 0 aliphatic carbocycles. The van der Waals surface area contributed by atoms with Crippen molar-refractivity contribution in [3.05, 3.63) is 29.3 Å². The molecule has 0 fully saturated rings. The summed E-state index contributed by atoms with van der Waals surface area (Å²) in [4.78, 5) is 8.26. The van der Waals surface area contributed by atoms with Gasteiger partial charge in [0.1, 0.15) is 18.0 Å². The maximum atomic E-state index is 5.39. The second kappa shape index (κ2) is 6.33. The van der Waals surface area contributed by atoms with Gasteiger partial charge in [-0.2, -0.15) is 5.10 Å². The van der Waals surface area contributed by atoms with E-state index in [2.05, 4.69) is 38.8 Å². The summed E-state index contributed by atoms with van der Waals surface area (Å²) in [6.07, 6.45) is 2.46. The molecule has 0 aliphatic heterocycles. The lowest BCUT2D eigenvalue weighted by atomic mass is 10.3. The van der Waals surface area contributed by atoms with Crippen molar-refractivity contribution in [2.75, 3.05) is 17.3 Å². The van der Waals surface area contributed by atoms with Gasteiger partial charge in [0.25, 0.3) is 0 Å². The third-order valence-corrected chi connectivity index (χ3v) is 3.16. The molecule has 2 heterocycles. The Kier molecular flexibility index (Phi) is 4.52. The van der Waals surface area contributed by atoms with E-state index in [1.807, 2.05) is 18.5 Å². The van der Waals surface area contributed by atoms with Crippen LogP contribution in [-0.2, 0) is 6.54 Å². The molecule has 2 aromatic heterocycles. The second-order valence-corrected chi connectivity index (χ2v) is 4.77. The third kappa shape index (κ3) is 3.24. The summed E-state index contributed by atoms with van der Waals surface area (Å²) < 4.78 is 2.02. The van der Waals surface area contributed by atoms with Gasteiger partial charge in [-0.05, 0) is 33.3 Å². The first kappa shape index (κ1) is 14.3. The predicted octanol–water partition coefficient (Wildman–Crippen LogP) is 1.39. The molecule has 0 unspecified atom stereocenters. The zero-order chi connectivity index (χ0) is 14.5. The van der Waals surface area contributed by atoms with Gasteiger partial charge in [0.05, 0.1) is 5.69 Å². The number of rotatable bonds is 6. The molecule has 0 saturated heterocycles. The molecule has 0 bridgehead atoms. The highest BCUT2D eigenvalue weighted by atomic mass is 15.3. The number of aromatic nitrogens is 4. The predicted molar refractivity (Wildman–Crippen MR) is 79.4 cm³/mol. The van der Waals surface area contributed by atoms with Crippen LogP contribution in [0.1, 0.15) is 23.4 Å². The van der Waals surface area contributed by atoms with E-state index >= 15 is 0 Å². The average molecular weight is 275 g/mol. The number of nitrogens with one attached hydrogen (secondary N) is 2. The molecular weight excluding hydrogens is 254 g/mol. The highest BCUT2D eigenvalue weighted by molar-refractivity contribution is 5.55. The summed E-state index contributed by atoms with van der Waals surface area (Å²) in [7, 11) is 0. The number of hydrogen-bond acceptors (Lipinski definition) is 6. The molecule has 0 aliphatic rings. The first-order chi connectivity index (χ1) is 9.61. The molecule has 2 rings (SSSR count). The quantitative estimate of drug-likeness (QED) is 0.419. The zero-order valence-corrected chi connectivity index (χ0v) is 12.1. The van der Waals surface area contributed by atoms with E-state index in [1.165, 1.54) is 12.0 Å². The van der Waals surface area contributed by atoms with Gasteiger partial charge in [-0.1, -0.05) is 0 Å². The SMILES string of the molecule is Cc1cc(C)n(CCCNc2ncnc(NN)c2C)n1. The van der Waals surface area contributed by atoms with Crippen molar-refractivity contribution in [1.29, 1.82) is 0 Å². The van der Waals surface area contributed by atoms with Crippen molar-refractivity contribution in [3.8, 4) is 0 Å². The van der Waals surface area contributed by atoms with E-state index in [0.29, 0.717) is 5.82 Å². The van der Waals surface area contributed by atoms with Crippen LogP contribution < -0.4 is 16.6 Å². The van der Waals surface area contributed by atoms with E-state index in [-0.39, 0.29) is 0 Å². The molecule has 4 N–H and O–H groups in total. The van der Waals surface area contributed by atoms with Crippen LogP contribution in [0.3, 0.4) is 0 Å². The molecule has 0 aromatic carbocycles. The largest absolute Gasteiger partial charge is 0.370 e. The lowest BCUT2D eigenvalue weighted by molar-refractivity contribution is 0.573. The van der Waals surface area contributed by atoms with Crippen LogP contribution in [0.5, 0.6) is 0 Å². The second-order valence-electron chi connectivity index (χ2n) is 4.77. The fraction of sp³-hybridized carbons (Fsp3) is 0.462. The maximum Gasteiger partial charge on any atom is 0.148 e. The van der Waals surface area contributed by atoms with Crippen molar-refractivity contribution in [2.45, 2.75) is 33.7 Å². The fourth-order valence-corrected chi connectivity index (χ4v) is 2.11.